The number of likely N-dealkylation sites (tertiary alicyclic amines) is 1. The van der Waals surface area contributed by atoms with Gasteiger partial charge in [0.15, 0.2) is 0 Å². The van der Waals surface area contributed by atoms with Crippen molar-refractivity contribution in [1.29, 1.82) is 0 Å². The first kappa shape index (κ1) is 17.6. The second-order valence-corrected chi connectivity index (χ2v) is 6.42. The van der Waals surface area contributed by atoms with Crippen molar-refractivity contribution in [2.24, 2.45) is 5.92 Å². The Morgan fingerprint density at radius 2 is 2.04 bits per heavy atom. The van der Waals surface area contributed by atoms with Gasteiger partial charge in [0, 0.05) is 25.4 Å². The van der Waals surface area contributed by atoms with E-state index in [1.807, 2.05) is 13.0 Å². The third-order valence-corrected chi connectivity index (χ3v) is 4.51. The average molecular weight is 349 g/mol. The number of aromatic nitrogens is 4. The van der Waals surface area contributed by atoms with Crippen LogP contribution in [0.5, 0.6) is 0 Å². The molecule has 1 saturated heterocycles. The molecular weight excluding hydrogens is 328 g/mol. The topological polar surface area (TPSA) is 63.9 Å². The Labute approximate surface area is 144 Å². The largest absolute Gasteiger partial charge is 0.299 e. The number of rotatable bonds is 5. The van der Waals surface area contributed by atoms with E-state index in [1.165, 1.54) is 10.9 Å². The highest BCUT2D eigenvalue weighted by Crippen LogP contribution is 2.20. The predicted octanol–water partition coefficient (Wildman–Crippen LogP) is 2.19. The lowest BCUT2D eigenvalue weighted by Crippen LogP contribution is -2.36. The summed E-state index contributed by atoms with van der Waals surface area (Å²) in [4.78, 5) is 26.4. The molecule has 1 aliphatic rings. The van der Waals surface area contributed by atoms with Gasteiger partial charge in [0.1, 0.15) is 11.5 Å². The summed E-state index contributed by atoms with van der Waals surface area (Å²) in [6.07, 6.45) is 2.20. The van der Waals surface area contributed by atoms with Crippen LogP contribution in [0.3, 0.4) is 0 Å². The maximum Gasteiger partial charge on any atom is 0.280 e. The first-order chi connectivity index (χ1) is 12.0. The van der Waals surface area contributed by atoms with Gasteiger partial charge < -0.3 is 0 Å². The fourth-order valence-electron chi connectivity index (χ4n) is 3.12. The van der Waals surface area contributed by atoms with Crippen LogP contribution < -0.4 is 5.56 Å². The number of halogens is 2. The SMILES string of the molecule is Cc1nccc(CN2CCC(Cn3cnc(C(F)F)cc3=O)CC2)n1. The Kier molecular flexibility index (Phi) is 5.47. The fourth-order valence-corrected chi connectivity index (χ4v) is 3.12. The summed E-state index contributed by atoms with van der Waals surface area (Å²) in [7, 11) is 0. The van der Waals surface area contributed by atoms with Gasteiger partial charge in [-0.05, 0) is 44.8 Å². The first-order valence-electron chi connectivity index (χ1n) is 8.36. The lowest BCUT2D eigenvalue weighted by molar-refractivity contribution is 0.144. The molecule has 134 valence electrons. The zero-order valence-corrected chi connectivity index (χ0v) is 14.1. The summed E-state index contributed by atoms with van der Waals surface area (Å²) in [5.74, 6) is 1.12. The first-order valence-corrected chi connectivity index (χ1v) is 8.36. The van der Waals surface area contributed by atoms with E-state index in [-0.39, 0.29) is 0 Å². The number of hydrogen-bond acceptors (Lipinski definition) is 5. The molecule has 0 radical (unpaired) electrons. The summed E-state index contributed by atoms with van der Waals surface area (Å²) in [5.41, 5.74) is 0.134. The van der Waals surface area contributed by atoms with Crippen molar-refractivity contribution < 1.29 is 8.78 Å². The van der Waals surface area contributed by atoms with E-state index in [1.54, 1.807) is 6.20 Å². The number of alkyl halides is 2. The Hall–Kier alpha value is -2.22. The molecule has 0 bridgehead atoms. The summed E-state index contributed by atoms with van der Waals surface area (Å²) in [5, 5.41) is 0. The molecule has 8 heteroatoms. The molecule has 6 nitrogen and oxygen atoms in total. The van der Waals surface area contributed by atoms with E-state index in [4.69, 9.17) is 0 Å². The molecule has 1 fully saturated rings. The molecule has 0 spiro atoms. The maximum atomic E-state index is 12.6. The summed E-state index contributed by atoms with van der Waals surface area (Å²) >= 11 is 0. The van der Waals surface area contributed by atoms with Gasteiger partial charge in [-0.25, -0.2) is 23.7 Å². The highest BCUT2D eigenvalue weighted by atomic mass is 19.3. The van der Waals surface area contributed by atoms with Crippen molar-refractivity contribution in [3.63, 3.8) is 0 Å². The standard InChI is InChI=1S/C17H21F2N5O/c1-12-20-5-2-14(22-12)10-23-6-3-13(4-7-23)9-24-11-21-15(17(18)19)8-16(24)25/h2,5,8,11,13,17H,3-4,6-7,9-10H2,1H3. The third-order valence-electron chi connectivity index (χ3n) is 4.51. The van der Waals surface area contributed by atoms with E-state index in [0.29, 0.717) is 12.5 Å². The van der Waals surface area contributed by atoms with Gasteiger partial charge in [0.2, 0.25) is 0 Å². The van der Waals surface area contributed by atoms with Crippen LogP contribution in [0.4, 0.5) is 8.78 Å². The van der Waals surface area contributed by atoms with Gasteiger partial charge in [-0.15, -0.1) is 0 Å². The minimum Gasteiger partial charge on any atom is -0.299 e. The highest BCUT2D eigenvalue weighted by molar-refractivity contribution is 5.02. The number of aryl methyl sites for hydroxylation is 1. The molecule has 25 heavy (non-hydrogen) atoms. The van der Waals surface area contributed by atoms with Gasteiger partial charge in [-0.2, -0.15) is 0 Å². The van der Waals surface area contributed by atoms with Crippen LogP contribution in [0.2, 0.25) is 0 Å². The van der Waals surface area contributed by atoms with Gasteiger partial charge >= 0.3 is 0 Å². The summed E-state index contributed by atoms with van der Waals surface area (Å²) in [6, 6.07) is 2.85. The fraction of sp³-hybridized carbons (Fsp3) is 0.529. The number of piperidine rings is 1. The molecule has 0 aliphatic carbocycles. The zero-order valence-electron chi connectivity index (χ0n) is 14.1. The molecule has 1 aliphatic heterocycles. The molecule has 0 N–H and O–H groups in total. The smallest absolute Gasteiger partial charge is 0.280 e. The van der Waals surface area contributed by atoms with Crippen LogP contribution in [0.1, 0.15) is 36.5 Å². The van der Waals surface area contributed by atoms with Crippen molar-refractivity contribution in [2.45, 2.75) is 39.3 Å². The normalized spacial score (nSPS) is 16.5. The minimum atomic E-state index is -2.71. The molecule has 0 saturated carbocycles. The van der Waals surface area contributed by atoms with Gasteiger partial charge in [-0.3, -0.25) is 14.3 Å². The van der Waals surface area contributed by atoms with E-state index in [2.05, 4.69) is 19.9 Å². The zero-order chi connectivity index (χ0) is 17.8. The molecular formula is C17H21F2N5O. The van der Waals surface area contributed by atoms with Crippen LogP contribution >= 0.6 is 0 Å². The van der Waals surface area contributed by atoms with Gasteiger partial charge in [-0.1, -0.05) is 0 Å². The van der Waals surface area contributed by atoms with Gasteiger partial charge in [0.25, 0.3) is 12.0 Å². The highest BCUT2D eigenvalue weighted by Gasteiger charge is 2.21. The van der Waals surface area contributed by atoms with Crippen molar-refractivity contribution >= 4 is 0 Å². The van der Waals surface area contributed by atoms with Crippen LogP contribution in [0.15, 0.2) is 29.5 Å². The van der Waals surface area contributed by atoms with Crippen LogP contribution in [-0.2, 0) is 13.1 Å². The van der Waals surface area contributed by atoms with E-state index < -0.39 is 17.7 Å². The molecule has 0 unspecified atom stereocenters. The summed E-state index contributed by atoms with van der Waals surface area (Å²) < 4.78 is 26.5. The van der Waals surface area contributed by atoms with Gasteiger partial charge in [0.05, 0.1) is 12.0 Å². The molecule has 0 atom stereocenters. The maximum absolute atomic E-state index is 12.6. The number of nitrogens with zero attached hydrogens (tertiary/aromatic N) is 5. The molecule has 3 heterocycles. The Morgan fingerprint density at radius 1 is 1.28 bits per heavy atom. The molecule has 0 aromatic carbocycles. The van der Waals surface area contributed by atoms with Crippen molar-refractivity contribution in [1.82, 2.24) is 24.4 Å². The quantitative estimate of drug-likeness (QED) is 0.828. The third kappa shape index (κ3) is 4.66. The van der Waals surface area contributed by atoms with Crippen molar-refractivity contribution in [3.05, 3.63) is 52.2 Å². The molecule has 2 aromatic heterocycles. The van der Waals surface area contributed by atoms with Crippen LogP contribution in [0.25, 0.3) is 0 Å². The van der Waals surface area contributed by atoms with Crippen molar-refractivity contribution in [2.75, 3.05) is 13.1 Å². The molecule has 0 amide bonds. The monoisotopic (exact) mass is 349 g/mol. The van der Waals surface area contributed by atoms with E-state index >= 15 is 0 Å². The minimum absolute atomic E-state index is 0.347. The lowest BCUT2D eigenvalue weighted by atomic mass is 9.96. The van der Waals surface area contributed by atoms with Crippen molar-refractivity contribution in [3.8, 4) is 0 Å². The average Bonchev–Trinajstić information content (AvgIpc) is 2.58. The Morgan fingerprint density at radius 3 is 2.68 bits per heavy atom. The lowest BCUT2D eigenvalue weighted by Gasteiger charge is -2.31. The van der Waals surface area contributed by atoms with E-state index in [9.17, 15) is 13.6 Å². The van der Waals surface area contributed by atoms with Crippen LogP contribution in [-0.4, -0.2) is 37.5 Å². The summed E-state index contributed by atoms with van der Waals surface area (Å²) in [6.45, 7) is 5.04. The Balaban J connectivity index is 1.53. The molecule has 3 rings (SSSR count). The Bertz CT molecular complexity index is 772. The molecule has 2 aromatic rings. The predicted molar refractivity (Wildman–Crippen MR) is 88.2 cm³/mol. The number of hydrogen-bond donors (Lipinski definition) is 0. The van der Waals surface area contributed by atoms with Crippen LogP contribution in [0, 0.1) is 12.8 Å². The van der Waals surface area contributed by atoms with E-state index in [0.717, 1.165) is 50.1 Å². The second-order valence-electron chi connectivity index (χ2n) is 6.42. The second kappa shape index (κ2) is 7.77.